The largest absolute Gasteiger partial charge is 0.491 e. The van der Waals surface area contributed by atoms with Crippen molar-refractivity contribution in [2.45, 2.75) is 50.0 Å². The van der Waals surface area contributed by atoms with E-state index in [0.717, 1.165) is 36.9 Å². The number of sulfonamides is 1. The molecular weight excluding hydrogens is 368 g/mol. The van der Waals surface area contributed by atoms with E-state index in [2.05, 4.69) is 9.71 Å². The van der Waals surface area contributed by atoms with Crippen molar-refractivity contribution in [3.63, 3.8) is 0 Å². The molecule has 7 nitrogen and oxygen atoms in total. The molecule has 0 amide bonds. The molecule has 2 fully saturated rings. The van der Waals surface area contributed by atoms with Gasteiger partial charge in [-0.1, -0.05) is 0 Å². The molecule has 4 rings (SSSR count). The van der Waals surface area contributed by atoms with Crippen LogP contribution in [0.4, 0.5) is 0 Å². The summed E-state index contributed by atoms with van der Waals surface area (Å²) in [4.78, 5) is 4.30. The zero-order chi connectivity index (χ0) is 18.9. The second kappa shape index (κ2) is 7.61. The summed E-state index contributed by atoms with van der Waals surface area (Å²) in [6, 6.07) is 7.34. The molecule has 1 N–H and O–H groups in total. The Balaban J connectivity index is 1.36. The summed E-state index contributed by atoms with van der Waals surface area (Å²) >= 11 is 0. The van der Waals surface area contributed by atoms with Crippen molar-refractivity contribution >= 4 is 10.0 Å². The molecule has 0 unspecified atom stereocenters. The van der Waals surface area contributed by atoms with E-state index in [4.69, 9.17) is 13.9 Å². The standard InChI is InChI=1S/C19H24N2O5S/c1-13-20-18(11-25-13)14-4-6-15(7-5-14)26-12-19-17(3-2-10-24-19)21-27(22,23)16-8-9-16/h4-7,11,16-17,19,21H,2-3,8-10,12H2,1H3/t17-,19+/m0/s1. The molecule has 0 radical (unpaired) electrons. The number of hydrogen-bond donors (Lipinski definition) is 1. The molecule has 2 atom stereocenters. The van der Waals surface area contributed by atoms with E-state index in [-0.39, 0.29) is 17.4 Å². The number of aryl methyl sites for hydroxylation is 1. The highest BCUT2D eigenvalue weighted by Crippen LogP contribution is 2.29. The number of hydrogen-bond acceptors (Lipinski definition) is 6. The monoisotopic (exact) mass is 392 g/mol. The molecule has 0 bridgehead atoms. The molecule has 0 spiro atoms. The van der Waals surface area contributed by atoms with E-state index in [0.29, 0.717) is 24.9 Å². The van der Waals surface area contributed by atoms with E-state index < -0.39 is 10.0 Å². The predicted octanol–water partition coefficient (Wildman–Crippen LogP) is 2.66. The van der Waals surface area contributed by atoms with Gasteiger partial charge in [0.2, 0.25) is 10.0 Å². The minimum absolute atomic E-state index is 0.228. The molecule has 1 aliphatic heterocycles. The molecule has 8 heteroatoms. The summed E-state index contributed by atoms with van der Waals surface area (Å²) in [5, 5.41) is -0.228. The summed E-state index contributed by atoms with van der Waals surface area (Å²) < 4.78 is 44.2. The SMILES string of the molecule is Cc1nc(-c2ccc(OC[C@H]3OCCC[C@@H]3NS(=O)(=O)C3CC3)cc2)co1. The highest BCUT2D eigenvalue weighted by Gasteiger charge is 2.39. The van der Waals surface area contributed by atoms with E-state index in [1.807, 2.05) is 24.3 Å². The van der Waals surface area contributed by atoms with Crippen LogP contribution in [0, 0.1) is 6.92 Å². The lowest BCUT2D eigenvalue weighted by Crippen LogP contribution is -2.50. The van der Waals surface area contributed by atoms with Gasteiger partial charge in [0.25, 0.3) is 0 Å². The lowest BCUT2D eigenvalue weighted by Gasteiger charge is -2.32. The normalized spacial score (nSPS) is 23.3. The number of nitrogens with zero attached hydrogens (tertiary/aromatic N) is 1. The average molecular weight is 392 g/mol. The zero-order valence-corrected chi connectivity index (χ0v) is 16.1. The molecule has 1 saturated carbocycles. The number of oxazole rings is 1. The summed E-state index contributed by atoms with van der Waals surface area (Å²) in [7, 11) is -3.24. The second-order valence-electron chi connectivity index (χ2n) is 7.11. The van der Waals surface area contributed by atoms with Crippen LogP contribution in [0.1, 0.15) is 31.6 Å². The minimum Gasteiger partial charge on any atom is -0.491 e. The van der Waals surface area contributed by atoms with Crippen LogP contribution >= 0.6 is 0 Å². The van der Waals surface area contributed by atoms with Crippen LogP contribution in [0.25, 0.3) is 11.3 Å². The molecule has 2 aliphatic rings. The van der Waals surface area contributed by atoms with Gasteiger partial charge in [-0.25, -0.2) is 18.1 Å². The van der Waals surface area contributed by atoms with Crippen LogP contribution in [0.3, 0.4) is 0 Å². The maximum Gasteiger partial charge on any atom is 0.214 e. The van der Waals surface area contributed by atoms with Crippen LogP contribution in [-0.2, 0) is 14.8 Å². The van der Waals surface area contributed by atoms with Gasteiger partial charge in [-0.15, -0.1) is 0 Å². The number of benzene rings is 1. The van der Waals surface area contributed by atoms with Crippen molar-refractivity contribution in [3.05, 3.63) is 36.4 Å². The third-order valence-electron chi connectivity index (χ3n) is 4.90. The van der Waals surface area contributed by atoms with Gasteiger partial charge in [-0.3, -0.25) is 0 Å². The van der Waals surface area contributed by atoms with Gasteiger partial charge in [0, 0.05) is 19.1 Å². The fourth-order valence-electron chi connectivity index (χ4n) is 3.22. The number of nitrogens with one attached hydrogen (secondary N) is 1. The van der Waals surface area contributed by atoms with Crippen molar-refractivity contribution < 1.29 is 22.3 Å². The fourth-order valence-corrected chi connectivity index (χ4v) is 4.86. The van der Waals surface area contributed by atoms with Gasteiger partial charge in [0.15, 0.2) is 5.89 Å². The van der Waals surface area contributed by atoms with Gasteiger partial charge >= 0.3 is 0 Å². The molecule has 1 aliphatic carbocycles. The molecule has 146 valence electrons. The Labute approximate surface area is 159 Å². The molecular formula is C19H24N2O5S. The van der Waals surface area contributed by atoms with Crippen molar-refractivity contribution in [1.82, 2.24) is 9.71 Å². The van der Waals surface area contributed by atoms with Crippen molar-refractivity contribution in [1.29, 1.82) is 0 Å². The Kier molecular flexibility index (Phi) is 5.21. The second-order valence-corrected chi connectivity index (χ2v) is 9.10. The molecule has 1 aromatic carbocycles. The Morgan fingerprint density at radius 2 is 2.00 bits per heavy atom. The van der Waals surface area contributed by atoms with Crippen LogP contribution in [0.5, 0.6) is 5.75 Å². The molecule has 2 heterocycles. The first kappa shape index (κ1) is 18.5. The van der Waals surface area contributed by atoms with E-state index in [9.17, 15) is 8.42 Å². The van der Waals surface area contributed by atoms with Crippen molar-refractivity contribution in [2.75, 3.05) is 13.2 Å². The van der Waals surface area contributed by atoms with Gasteiger partial charge in [0.1, 0.15) is 30.4 Å². The quantitative estimate of drug-likeness (QED) is 0.779. The topological polar surface area (TPSA) is 90.7 Å². The van der Waals surface area contributed by atoms with Crippen LogP contribution in [0.15, 0.2) is 34.9 Å². The van der Waals surface area contributed by atoms with Crippen molar-refractivity contribution in [3.8, 4) is 17.0 Å². The van der Waals surface area contributed by atoms with Crippen LogP contribution < -0.4 is 9.46 Å². The average Bonchev–Trinajstić information content (AvgIpc) is 3.44. The molecule has 2 aromatic rings. The Morgan fingerprint density at radius 1 is 1.22 bits per heavy atom. The predicted molar refractivity (Wildman–Crippen MR) is 100 cm³/mol. The Bertz CT molecular complexity index is 874. The summed E-state index contributed by atoms with van der Waals surface area (Å²) in [6.45, 7) is 2.74. The summed E-state index contributed by atoms with van der Waals surface area (Å²) in [6.07, 6.45) is 4.45. The molecule has 1 saturated heterocycles. The molecule has 27 heavy (non-hydrogen) atoms. The maximum atomic E-state index is 12.2. The van der Waals surface area contributed by atoms with E-state index >= 15 is 0 Å². The van der Waals surface area contributed by atoms with E-state index in [1.54, 1.807) is 13.2 Å². The van der Waals surface area contributed by atoms with Gasteiger partial charge in [0.05, 0.1) is 11.3 Å². The minimum atomic E-state index is -3.24. The highest BCUT2D eigenvalue weighted by molar-refractivity contribution is 7.90. The first-order chi connectivity index (χ1) is 13.0. The smallest absolute Gasteiger partial charge is 0.214 e. The molecule has 1 aromatic heterocycles. The number of rotatable bonds is 7. The lowest BCUT2D eigenvalue weighted by atomic mass is 10.0. The Morgan fingerprint density at radius 3 is 2.67 bits per heavy atom. The fraction of sp³-hybridized carbons (Fsp3) is 0.526. The van der Waals surface area contributed by atoms with E-state index in [1.165, 1.54) is 0 Å². The van der Waals surface area contributed by atoms with Gasteiger partial charge in [-0.2, -0.15) is 0 Å². The summed E-state index contributed by atoms with van der Waals surface area (Å²) in [5.41, 5.74) is 1.73. The van der Waals surface area contributed by atoms with Gasteiger partial charge in [-0.05, 0) is 49.9 Å². The van der Waals surface area contributed by atoms with Gasteiger partial charge < -0.3 is 13.9 Å². The third-order valence-corrected chi connectivity index (χ3v) is 6.88. The Hall–Kier alpha value is -1.90. The maximum absolute atomic E-state index is 12.2. The zero-order valence-electron chi connectivity index (χ0n) is 15.3. The third kappa shape index (κ3) is 4.51. The van der Waals surface area contributed by atoms with Crippen LogP contribution in [0.2, 0.25) is 0 Å². The lowest BCUT2D eigenvalue weighted by molar-refractivity contribution is -0.0279. The first-order valence-corrected chi connectivity index (χ1v) is 10.8. The highest BCUT2D eigenvalue weighted by atomic mass is 32.2. The number of aromatic nitrogens is 1. The van der Waals surface area contributed by atoms with Crippen molar-refractivity contribution in [2.24, 2.45) is 0 Å². The number of ether oxygens (including phenoxy) is 2. The summed E-state index contributed by atoms with van der Waals surface area (Å²) in [5.74, 6) is 1.33. The first-order valence-electron chi connectivity index (χ1n) is 9.29. The van der Waals surface area contributed by atoms with Crippen LogP contribution in [-0.4, -0.2) is 44.0 Å².